The quantitative estimate of drug-likeness (QED) is 0.684. The second-order valence-corrected chi connectivity index (χ2v) is 5.93. The average molecular weight is 340 g/mol. The third-order valence-corrected chi connectivity index (χ3v) is 4.25. The molecule has 0 spiro atoms. The Morgan fingerprint density at radius 3 is 2.60 bits per heavy atom. The van der Waals surface area contributed by atoms with Crippen molar-refractivity contribution in [2.75, 3.05) is 13.2 Å². The van der Waals surface area contributed by atoms with Crippen molar-refractivity contribution in [3.8, 4) is 5.75 Å². The number of hydrogen-bond donors (Lipinski definition) is 0. The van der Waals surface area contributed by atoms with Crippen molar-refractivity contribution in [3.05, 3.63) is 59.4 Å². The SMILES string of the molecule is CCOC(OCC)C1C=Cc2c(OC3=CCCC=C3)cccc2C1=O. The molecule has 0 N–H and O–H groups in total. The Bertz CT molecular complexity index is 709. The lowest BCUT2D eigenvalue weighted by molar-refractivity contribution is -0.149. The van der Waals surface area contributed by atoms with Gasteiger partial charge in [-0.15, -0.1) is 0 Å². The maximum atomic E-state index is 13.0. The molecule has 2 aliphatic rings. The van der Waals surface area contributed by atoms with Crippen LogP contribution in [0.3, 0.4) is 0 Å². The highest BCUT2D eigenvalue weighted by atomic mass is 16.7. The van der Waals surface area contributed by atoms with Gasteiger partial charge in [0.05, 0.1) is 5.92 Å². The molecule has 0 saturated carbocycles. The minimum Gasteiger partial charge on any atom is -0.457 e. The van der Waals surface area contributed by atoms with Crippen molar-refractivity contribution < 1.29 is 19.0 Å². The van der Waals surface area contributed by atoms with Crippen LogP contribution in [0.5, 0.6) is 5.75 Å². The van der Waals surface area contributed by atoms with Gasteiger partial charge in [0.2, 0.25) is 0 Å². The Balaban J connectivity index is 1.86. The summed E-state index contributed by atoms with van der Waals surface area (Å²) in [7, 11) is 0. The summed E-state index contributed by atoms with van der Waals surface area (Å²) in [6, 6.07) is 5.58. The fraction of sp³-hybridized carbons (Fsp3) is 0.381. The van der Waals surface area contributed by atoms with E-state index < -0.39 is 12.2 Å². The van der Waals surface area contributed by atoms with Gasteiger partial charge in [0.15, 0.2) is 12.1 Å². The number of hydrogen-bond acceptors (Lipinski definition) is 4. The van der Waals surface area contributed by atoms with Crippen molar-refractivity contribution in [3.63, 3.8) is 0 Å². The van der Waals surface area contributed by atoms with Crippen molar-refractivity contribution in [1.82, 2.24) is 0 Å². The normalized spacial score (nSPS) is 19.1. The Morgan fingerprint density at radius 1 is 1.12 bits per heavy atom. The number of ether oxygens (including phenoxy) is 3. The highest BCUT2D eigenvalue weighted by Gasteiger charge is 2.32. The first kappa shape index (κ1) is 17.6. The molecule has 0 heterocycles. The summed E-state index contributed by atoms with van der Waals surface area (Å²) < 4.78 is 17.2. The van der Waals surface area contributed by atoms with Crippen molar-refractivity contribution in [2.45, 2.75) is 33.0 Å². The highest BCUT2D eigenvalue weighted by molar-refractivity contribution is 6.05. The number of carbonyl (C=O) groups excluding carboxylic acids is 1. The standard InChI is InChI=1S/C21H24O4/c1-3-23-21(24-4-2)18-14-13-16-17(20(18)22)11-8-12-19(16)25-15-9-6-5-7-10-15/h6,8-14,18,21H,3-5,7H2,1-2H3. The van der Waals surface area contributed by atoms with E-state index in [2.05, 4.69) is 12.2 Å². The van der Waals surface area contributed by atoms with Crippen LogP contribution in [-0.2, 0) is 9.47 Å². The monoisotopic (exact) mass is 340 g/mol. The number of rotatable bonds is 7. The summed E-state index contributed by atoms with van der Waals surface area (Å²) in [6.45, 7) is 4.79. The summed E-state index contributed by atoms with van der Waals surface area (Å²) in [4.78, 5) is 13.0. The van der Waals surface area contributed by atoms with Crippen LogP contribution in [0, 0.1) is 5.92 Å². The van der Waals surface area contributed by atoms with Gasteiger partial charge in [-0.05, 0) is 44.9 Å². The molecule has 2 aliphatic carbocycles. The van der Waals surface area contributed by atoms with E-state index >= 15 is 0 Å². The lowest BCUT2D eigenvalue weighted by atomic mass is 9.87. The molecule has 1 atom stereocenters. The van der Waals surface area contributed by atoms with Crippen LogP contribution in [0.2, 0.25) is 0 Å². The highest BCUT2D eigenvalue weighted by Crippen LogP contribution is 2.34. The molecule has 4 nitrogen and oxygen atoms in total. The zero-order chi connectivity index (χ0) is 17.6. The van der Waals surface area contributed by atoms with Gasteiger partial charge >= 0.3 is 0 Å². The lowest BCUT2D eigenvalue weighted by Crippen LogP contribution is -2.33. The summed E-state index contributed by atoms with van der Waals surface area (Å²) >= 11 is 0. The van der Waals surface area contributed by atoms with E-state index in [9.17, 15) is 4.79 Å². The number of ketones is 1. The van der Waals surface area contributed by atoms with Gasteiger partial charge in [0, 0.05) is 24.3 Å². The Labute approximate surface area is 148 Å². The first-order chi connectivity index (χ1) is 12.2. The van der Waals surface area contributed by atoms with Crippen LogP contribution in [0.15, 0.2) is 48.3 Å². The van der Waals surface area contributed by atoms with Crippen molar-refractivity contribution in [1.29, 1.82) is 0 Å². The van der Waals surface area contributed by atoms with E-state index in [0.29, 0.717) is 24.5 Å². The zero-order valence-corrected chi connectivity index (χ0v) is 14.7. The van der Waals surface area contributed by atoms with Crippen LogP contribution in [-0.4, -0.2) is 25.3 Å². The molecule has 0 amide bonds. The molecule has 25 heavy (non-hydrogen) atoms. The van der Waals surface area contributed by atoms with Gasteiger partial charge in [0.1, 0.15) is 11.5 Å². The maximum absolute atomic E-state index is 13.0. The third kappa shape index (κ3) is 3.91. The number of Topliss-reactive ketones (excluding diaryl/α,β-unsaturated/α-hetero) is 1. The summed E-state index contributed by atoms with van der Waals surface area (Å²) in [5.74, 6) is 1.09. The van der Waals surface area contributed by atoms with Gasteiger partial charge in [-0.3, -0.25) is 4.79 Å². The zero-order valence-electron chi connectivity index (χ0n) is 14.7. The molecule has 0 aliphatic heterocycles. The first-order valence-electron chi connectivity index (χ1n) is 8.87. The Morgan fingerprint density at radius 2 is 1.92 bits per heavy atom. The van der Waals surface area contributed by atoms with Gasteiger partial charge in [-0.1, -0.05) is 30.4 Å². The van der Waals surface area contributed by atoms with Crippen molar-refractivity contribution >= 4 is 11.9 Å². The van der Waals surface area contributed by atoms with Crippen LogP contribution < -0.4 is 4.74 Å². The first-order valence-corrected chi connectivity index (χ1v) is 8.87. The summed E-state index contributed by atoms with van der Waals surface area (Å²) in [6.07, 6.45) is 11.4. The molecule has 0 radical (unpaired) electrons. The van der Waals surface area contributed by atoms with Crippen LogP contribution in [0.1, 0.15) is 42.6 Å². The van der Waals surface area contributed by atoms with Gasteiger partial charge in [-0.25, -0.2) is 0 Å². The predicted molar refractivity (Wildman–Crippen MR) is 97.4 cm³/mol. The fourth-order valence-electron chi connectivity index (χ4n) is 3.08. The van der Waals surface area contributed by atoms with Crippen molar-refractivity contribution in [2.24, 2.45) is 5.92 Å². The van der Waals surface area contributed by atoms with E-state index in [-0.39, 0.29) is 5.78 Å². The summed E-state index contributed by atoms with van der Waals surface area (Å²) in [5.41, 5.74) is 1.46. The molecule has 0 aromatic heterocycles. The smallest absolute Gasteiger partial charge is 0.175 e. The molecular weight excluding hydrogens is 316 g/mol. The van der Waals surface area contributed by atoms with E-state index in [4.69, 9.17) is 14.2 Å². The Kier molecular flexibility index (Phi) is 5.84. The molecule has 3 rings (SSSR count). The predicted octanol–water partition coefficient (Wildman–Crippen LogP) is 4.52. The molecule has 1 aromatic carbocycles. The lowest BCUT2D eigenvalue weighted by Gasteiger charge is -2.27. The molecule has 0 saturated heterocycles. The molecule has 4 heteroatoms. The number of benzene rings is 1. The van der Waals surface area contributed by atoms with Crippen LogP contribution in [0.25, 0.3) is 6.08 Å². The molecular formula is C21H24O4. The van der Waals surface area contributed by atoms with Crippen LogP contribution >= 0.6 is 0 Å². The summed E-state index contributed by atoms with van der Waals surface area (Å²) in [5, 5.41) is 0. The molecule has 0 fully saturated rings. The van der Waals surface area contributed by atoms with Gasteiger partial charge < -0.3 is 14.2 Å². The number of fused-ring (bicyclic) bond motifs is 1. The second kappa shape index (κ2) is 8.28. The minimum atomic E-state index is -0.555. The molecule has 1 aromatic rings. The second-order valence-electron chi connectivity index (χ2n) is 5.93. The molecule has 132 valence electrons. The largest absolute Gasteiger partial charge is 0.457 e. The van der Waals surface area contributed by atoms with E-state index in [1.807, 2.05) is 50.3 Å². The van der Waals surface area contributed by atoms with Gasteiger partial charge in [0.25, 0.3) is 0 Å². The topological polar surface area (TPSA) is 44.8 Å². The Hall–Kier alpha value is -2.17. The van der Waals surface area contributed by atoms with E-state index in [0.717, 1.165) is 24.2 Å². The molecule has 1 unspecified atom stereocenters. The van der Waals surface area contributed by atoms with E-state index in [1.165, 1.54) is 0 Å². The van der Waals surface area contributed by atoms with Crippen LogP contribution in [0.4, 0.5) is 0 Å². The van der Waals surface area contributed by atoms with Gasteiger partial charge in [-0.2, -0.15) is 0 Å². The third-order valence-electron chi connectivity index (χ3n) is 4.25. The molecule has 0 bridgehead atoms. The number of allylic oxidation sites excluding steroid dienone is 3. The fourth-order valence-corrected chi connectivity index (χ4v) is 3.08. The van der Waals surface area contributed by atoms with E-state index in [1.54, 1.807) is 0 Å². The minimum absolute atomic E-state index is 0.00279. The average Bonchev–Trinajstić information content (AvgIpc) is 2.63. The number of carbonyl (C=O) groups is 1. The maximum Gasteiger partial charge on any atom is 0.175 e.